The van der Waals surface area contributed by atoms with Crippen LogP contribution in [-0.2, 0) is 7.05 Å². The van der Waals surface area contributed by atoms with E-state index in [4.69, 9.17) is 23.2 Å². The van der Waals surface area contributed by atoms with Crippen LogP contribution >= 0.6 is 23.2 Å². The molecule has 8 nitrogen and oxygen atoms in total. The number of nitrogens with one attached hydrogen (secondary N) is 2. The Morgan fingerprint density at radius 3 is 2.25 bits per heavy atom. The number of hydrogen-bond acceptors (Lipinski definition) is 3. The Morgan fingerprint density at radius 1 is 1.07 bits per heavy atom. The lowest BCUT2D eigenvalue weighted by Crippen LogP contribution is -2.52. The molecule has 2 amide bonds. The Balaban J connectivity index is 1.61. The van der Waals surface area contributed by atoms with E-state index in [1.807, 2.05) is 13.2 Å². The standard InChI is InChI=1S/C18H18Cl2N6O2/c1-24-9-11(6-23-24)16-10-25(17(27)14-4-12(19)7-21-14)2-3-26(16)18(28)15-5-13(20)8-22-15/h4-9,16,21-22H,2-3,10H2,1H3. The van der Waals surface area contributed by atoms with Gasteiger partial charge in [0.15, 0.2) is 0 Å². The first kappa shape index (κ1) is 18.6. The first-order valence-electron chi connectivity index (χ1n) is 8.69. The summed E-state index contributed by atoms with van der Waals surface area (Å²) in [6.07, 6.45) is 6.71. The average Bonchev–Trinajstić information content (AvgIpc) is 3.41. The van der Waals surface area contributed by atoms with Gasteiger partial charge in [-0.3, -0.25) is 14.3 Å². The third kappa shape index (κ3) is 3.53. The topological polar surface area (TPSA) is 90.0 Å². The molecule has 0 radical (unpaired) electrons. The molecule has 146 valence electrons. The van der Waals surface area contributed by atoms with Crippen LogP contribution in [0.2, 0.25) is 10.0 Å². The molecule has 0 aromatic carbocycles. The van der Waals surface area contributed by atoms with E-state index in [1.165, 1.54) is 0 Å². The number of aromatic nitrogens is 4. The van der Waals surface area contributed by atoms with Crippen molar-refractivity contribution >= 4 is 35.0 Å². The van der Waals surface area contributed by atoms with Gasteiger partial charge in [-0.25, -0.2) is 0 Å². The number of H-pyrrole nitrogens is 2. The fourth-order valence-electron chi connectivity index (χ4n) is 3.42. The fraction of sp³-hybridized carbons (Fsp3) is 0.278. The smallest absolute Gasteiger partial charge is 0.270 e. The van der Waals surface area contributed by atoms with Crippen LogP contribution in [0.4, 0.5) is 0 Å². The number of nitrogens with zero attached hydrogens (tertiary/aromatic N) is 4. The van der Waals surface area contributed by atoms with Crippen LogP contribution < -0.4 is 0 Å². The first-order chi connectivity index (χ1) is 13.4. The minimum absolute atomic E-state index is 0.157. The molecular formula is C18H18Cl2N6O2. The highest BCUT2D eigenvalue weighted by molar-refractivity contribution is 6.31. The first-order valence-corrected chi connectivity index (χ1v) is 9.44. The number of carbonyl (C=O) groups is 2. The summed E-state index contributed by atoms with van der Waals surface area (Å²) < 4.78 is 1.68. The summed E-state index contributed by atoms with van der Waals surface area (Å²) in [7, 11) is 1.81. The minimum atomic E-state index is -0.327. The Labute approximate surface area is 171 Å². The molecule has 1 fully saturated rings. The van der Waals surface area contributed by atoms with Crippen molar-refractivity contribution in [1.29, 1.82) is 0 Å². The van der Waals surface area contributed by atoms with Crippen molar-refractivity contribution in [3.63, 3.8) is 0 Å². The zero-order chi connectivity index (χ0) is 19.8. The molecule has 28 heavy (non-hydrogen) atoms. The van der Waals surface area contributed by atoms with E-state index in [0.717, 1.165) is 5.56 Å². The van der Waals surface area contributed by atoms with Crippen LogP contribution in [0, 0.1) is 0 Å². The zero-order valence-corrected chi connectivity index (χ0v) is 16.5. The van der Waals surface area contributed by atoms with Gasteiger partial charge in [0, 0.05) is 50.8 Å². The van der Waals surface area contributed by atoms with Gasteiger partial charge in [-0.2, -0.15) is 5.10 Å². The lowest BCUT2D eigenvalue weighted by Gasteiger charge is -2.40. The summed E-state index contributed by atoms with van der Waals surface area (Å²) in [6.45, 7) is 1.14. The van der Waals surface area contributed by atoms with Crippen LogP contribution in [-0.4, -0.2) is 61.0 Å². The molecule has 1 aliphatic heterocycles. The Kier molecular flexibility index (Phi) is 4.91. The van der Waals surface area contributed by atoms with E-state index in [-0.39, 0.29) is 17.9 Å². The van der Waals surface area contributed by atoms with Crippen LogP contribution in [0.5, 0.6) is 0 Å². The van der Waals surface area contributed by atoms with E-state index < -0.39 is 0 Å². The van der Waals surface area contributed by atoms with E-state index in [2.05, 4.69) is 15.1 Å². The minimum Gasteiger partial charge on any atom is -0.356 e. The summed E-state index contributed by atoms with van der Waals surface area (Å²) in [4.78, 5) is 35.1. The highest BCUT2D eigenvalue weighted by atomic mass is 35.5. The van der Waals surface area contributed by atoms with Crippen molar-refractivity contribution < 1.29 is 9.59 Å². The highest BCUT2D eigenvalue weighted by Crippen LogP contribution is 2.28. The summed E-state index contributed by atoms with van der Waals surface area (Å²) in [5.74, 6) is -0.327. The average molecular weight is 421 g/mol. The molecule has 0 aliphatic carbocycles. The highest BCUT2D eigenvalue weighted by Gasteiger charge is 2.35. The van der Waals surface area contributed by atoms with E-state index in [0.29, 0.717) is 41.1 Å². The Hall–Kier alpha value is -2.71. The third-order valence-corrected chi connectivity index (χ3v) is 5.23. The second kappa shape index (κ2) is 7.37. The molecule has 3 aromatic rings. The Bertz CT molecular complexity index is 1020. The van der Waals surface area contributed by atoms with Crippen LogP contribution in [0.15, 0.2) is 36.9 Å². The summed E-state index contributed by atoms with van der Waals surface area (Å²) in [5.41, 5.74) is 1.69. The summed E-state index contributed by atoms with van der Waals surface area (Å²) in [5, 5.41) is 5.16. The summed E-state index contributed by atoms with van der Waals surface area (Å²) in [6, 6.07) is 2.87. The Morgan fingerprint density at radius 2 is 1.71 bits per heavy atom. The maximum Gasteiger partial charge on any atom is 0.270 e. The number of aromatic amines is 2. The van der Waals surface area contributed by atoms with Gasteiger partial charge in [-0.15, -0.1) is 0 Å². The van der Waals surface area contributed by atoms with Crippen molar-refractivity contribution in [3.8, 4) is 0 Å². The molecule has 3 aromatic heterocycles. The van der Waals surface area contributed by atoms with Gasteiger partial charge in [0.25, 0.3) is 11.8 Å². The van der Waals surface area contributed by atoms with E-state index in [1.54, 1.807) is 45.2 Å². The number of amides is 2. The number of aryl methyl sites for hydroxylation is 1. The molecule has 1 saturated heterocycles. The molecule has 1 unspecified atom stereocenters. The SMILES string of the molecule is Cn1cc(C2CN(C(=O)c3cc(Cl)c[nH]3)CCN2C(=O)c2cc(Cl)c[nH]2)cn1. The monoisotopic (exact) mass is 420 g/mol. The number of rotatable bonds is 3. The van der Waals surface area contributed by atoms with Crippen LogP contribution in [0.1, 0.15) is 32.6 Å². The largest absolute Gasteiger partial charge is 0.356 e. The molecular weight excluding hydrogens is 403 g/mol. The van der Waals surface area contributed by atoms with Gasteiger partial charge in [-0.05, 0) is 12.1 Å². The quantitative estimate of drug-likeness (QED) is 0.682. The maximum absolute atomic E-state index is 13.0. The second-order valence-electron chi connectivity index (χ2n) is 6.68. The van der Waals surface area contributed by atoms with Gasteiger partial charge in [0.2, 0.25) is 0 Å². The van der Waals surface area contributed by atoms with Crippen molar-refractivity contribution in [2.75, 3.05) is 19.6 Å². The molecule has 1 atom stereocenters. The van der Waals surface area contributed by atoms with E-state index >= 15 is 0 Å². The number of piperazine rings is 1. The fourth-order valence-corrected chi connectivity index (χ4v) is 3.74. The molecule has 1 aliphatic rings. The lowest BCUT2D eigenvalue weighted by atomic mass is 10.0. The number of halogens is 2. The van der Waals surface area contributed by atoms with Crippen molar-refractivity contribution in [2.24, 2.45) is 7.05 Å². The van der Waals surface area contributed by atoms with Crippen molar-refractivity contribution in [3.05, 3.63) is 63.9 Å². The van der Waals surface area contributed by atoms with Gasteiger partial charge in [-0.1, -0.05) is 23.2 Å². The van der Waals surface area contributed by atoms with Gasteiger partial charge in [0.05, 0.1) is 22.3 Å². The molecule has 10 heteroatoms. The maximum atomic E-state index is 13.0. The molecule has 0 bridgehead atoms. The molecule has 0 spiro atoms. The van der Waals surface area contributed by atoms with Gasteiger partial charge < -0.3 is 19.8 Å². The normalized spacial score (nSPS) is 17.2. The van der Waals surface area contributed by atoms with Crippen molar-refractivity contribution in [1.82, 2.24) is 29.5 Å². The number of carbonyl (C=O) groups excluding carboxylic acids is 2. The predicted octanol–water partition coefficient (Wildman–Crippen LogP) is 2.72. The third-order valence-electron chi connectivity index (χ3n) is 4.79. The molecule has 2 N–H and O–H groups in total. The predicted molar refractivity (Wildman–Crippen MR) is 104 cm³/mol. The molecule has 4 heterocycles. The van der Waals surface area contributed by atoms with E-state index in [9.17, 15) is 9.59 Å². The summed E-state index contributed by atoms with van der Waals surface area (Å²) >= 11 is 11.9. The molecule has 4 rings (SSSR count). The van der Waals surface area contributed by atoms with Crippen LogP contribution in [0.25, 0.3) is 0 Å². The molecule has 0 saturated carbocycles. The second-order valence-corrected chi connectivity index (χ2v) is 7.55. The van der Waals surface area contributed by atoms with Gasteiger partial charge in [0.1, 0.15) is 11.4 Å². The van der Waals surface area contributed by atoms with Gasteiger partial charge >= 0.3 is 0 Å². The van der Waals surface area contributed by atoms with Crippen LogP contribution in [0.3, 0.4) is 0 Å². The lowest BCUT2D eigenvalue weighted by molar-refractivity contribution is 0.0377. The zero-order valence-electron chi connectivity index (χ0n) is 15.0. The number of hydrogen-bond donors (Lipinski definition) is 2. The van der Waals surface area contributed by atoms with Crippen molar-refractivity contribution in [2.45, 2.75) is 6.04 Å².